The quantitative estimate of drug-likeness (QED) is 0.852. The Kier molecular flexibility index (Phi) is 4.17. The maximum atomic E-state index is 11.9. The van der Waals surface area contributed by atoms with Gasteiger partial charge in [-0.1, -0.05) is 6.92 Å². The van der Waals surface area contributed by atoms with E-state index in [2.05, 4.69) is 24.1 Å². The third-order valence-electron chi connectivity index (χ3n) is 3.66. The summed E-state index contributed by atoms with van der Waals surface area (Å²) in [6.45, 7) is 4.43. The lowest BCUT2D eigenvalue weighted by molar-refractivity contribution is -0.118. The molecule has 0 radical (unpaired) electrons. The molecule has 2 rings (SSSR count). The van der Waals surface area contributed by atoms with E-state index >= 15 is 0 Å². The summed E-state index contributed by atoms with van der Waals surface area (Å²) in [5.74, 6) is 0.778. The average Bonchev–Trinajstić information content (AvgIpc) is 2.84. The Labute approximate surface area is 112 Å². The van der Waals surface area contributed by atoms with Crippen LogP contribution in [-0.4, -0.2) is 16.4 Å². The van der Waals surface area contributed by atoms with E-state index in [-0.39, 0.29) is 11.4 Å². The van der Waals surface area contributed by atoms with Crippen molar-refractivity contribution in [1.29, 1.82) is 0 Å². The maximum absolute atomic E-state index is 11.9. The highest BCUT2D eigenvalue weighted by molar-refractivity contribution is 7.07. The van der Waals surface area contributed by atoms with E-state index in [0.29, 0.717) is 0 Å². The van der Waals surface area contributed by atoms with Gasteiger partial charge in [0, 0.05) is 17.0 Å². The molecular formula is C14H20N2OS. The van der Waals surface area contributed by atoms with Crippen molar-refractivity contribution >= 4 is 23.3 Å². The van der Waals surface area contributed by atoms with Gasteiger partial charge in [0.25, 0.3) is 0 Å². The summed E-state index contributed by atoms with van der Waals surface area (Å²) in [5.41, 5.74) is 2.58. The number of carbonyl (C=O) groups is 1. The second kappa shape index (κ2) is 5.65. The molecule has 1 aliphatic rings. The third kappa shape index (κ3) is 3.67. The molecule has 1 aromatic rings. The predicted octanol–water partition coefficient (Wildman–Crippen LogP) is 3.24. The van der Waals surface area contributed by atoms with Crippen LogP contribution in [0.1, 0.15) is 45.2 Å². The number of rotatable bonds is 3. The largest absolute Gasteiger partial charge is 0.347 e. The minimum Gasteiger partial charge on any atom is -0.347 e. The monoisotopic (exact) mass is 264 g/mol. The van der Waals surface area contributed by atoms with Crippen LogP contribution in [0, 0.1) is 5.92 Å². The van der Waals surface area contributed by atoms with Crippen LogP contribution in [-0.2, 0) is 4.79 Å². The van der Waals surface area contributed by atoms with E-state index in [1.165, 1.54) is 24.2 Å². The molecule has 0 bridgehead atoms. The first-order valence-corrected chi connectivity index (χ1v) is 7.40. The number of nitrogens with one attached hydrogen (secondary N) is 1. The van der Waals surface area contributed by atoms with Crippen molar-refractivity contribution in [3.8, 4) is 0 Å². The normalized spacial score (nSPS) is 28.4. The molecule has 1 heterocycles. The number of hydrogen-bond acceptors (Lipinski definition) is 3. The fourth-order valence-electron chi connectivity index (χ4n) is 2.33. The maximum Gasteiger partial charge on any atom is 0.244 e. The van der Waals surface area contributed by atoms with Gasteiger partial charge < -0.3 is 5.32 Å². The molecule has 1 fully saturated rings. The van der Waals surface area contributed by atoms with Gasteiger partial charge in [0.1, 0.15) is 0 Å². The summed E-state index contributed by atoms with van der Waals surface area (Å²) in [7, 11) is 0. The van der Waals surface area contributed by atoms with Gasteiger partial charge in [-0.25, -0.2) is 4.98 Å². The lowest BCUT2D eigenvalue weighted by atomic mass is 9.78. The Hall–Kier alpha value is -1.16. The second-order valence-corrected chi connectivity index (χ2v) is 6.20. The number of amides is 1. The molecule has 18 heavy (non-hydrogen) atoms. The number of nitrogens with zero attached hydrogens (tertiary/aromatic N) is 1. The summed E-state index contributed by atoms with van der Waals surface area (Å²) in [6.07, 6.45) is 7.90. The van der Waals surface area contributed by atoms with Gasteiger partial charge in [-0.05, 0) is 44.6 Å². The van der Waals surface area contributed by atoms with Crippen LogP contribution in [0.2, 0.25) is 0 Å². The molecule has 1 aliphatic carbocycles. The summed E-state index contributed by atoms with van der Waals surface area (Å²) in [5, 5.41) is 5.05. The van der Waals surface area contributed by atoms with E-state index < -0.39 is 0 Å². The summed E-state index contributed by atoms with van der Waals surface area (Å²) >= 11 is 1.53. The summed E-state index contributed by atoms with van der Waals surface area (Å²) in [6, 6.07) is 0. The molecular weight excluding hydrogens is 244 g/mol. The smallest absolute Gasteiger partial charge is 0.244 e. The highest BCUT2D eigenvalue weighted by atomic mass is 32.1. The number of thiazole rings is 1. The van der Waals surface area contributed by atoms with Crippen molar-refractivity contribution in [2.45, 2.75) is 45.1 Å². The Morgan fingerprint density at radius 1 is 1.56 bits per heavy atom. The van der Waals surface area contributed by atoms with Crippen LogP contribution in [0.25, 0.3) is 6.08 Å². The first-order valence-electron chi connectivity index (χ1n) is 6.46. The van der Waals surface area contributed by atoms with Gasteiger partial charge in [0.05, 0.1) is 11.2 Å². The second-order valence-electron chi connectivity index (χ2n) is 5.48. The van der Waals surface area contributed by atoms with Crippen LogP contribution in [0.4, 0.5) is 0 Å². The SMILES string of the molecule is CC1CCC(C)(NC(=O)/C=C/c2cscn2)CC1. The zero-order valence-electron chi connectivity index (χ0n) is 11.0. The molecule has 0 aromatic carbocycles. The van der Waals surface area contributed by atoms with E-state index in [9.17, 15) is 4.79 Å². The highest BCUT2D eigenvalue weighted by Crippen LogP contribution is 2.31. The molecule has 1 amide bonds. The molecule has 98 valence electrons. The van der Waals surface area contributed by atoms with Gasteiger partial charge in [0.2, 0.25) is 5.91 Å². The molecule has 1 saturated carbocycles. The molecule has 0 unspecified atom stereocenters. The van der Waals surface area contributed by atoms with Crippen molar-refractivity contribution in [2.75, 3.05) is 0 Å². The highest BCUT2D eigenvalue weighted by Gasteiger charge is 2.30. The number of carbonyl (C=O) groups excluding carboxylic acids is 1. The van der Waals surface area contributed by atoms with Crippen molar-refractivity contribution in [2.24, 2.45) is 5.92 Å². The lowest BCUT2D eigenvalue weighted by Crippen LogP contribution is -2.47. The molecule has 3 nitrogen and oxygen atoms in total. The minimum absolute atomic E-state index is 0.0138. The molecule has 0 atom stereocenters. The van der Waals surface area contributed by atoms with Crippen molar-refractivity contribution in [1.82, 2.24) is 10.3 Å². The van der Waals surface area contributed by atoms with Crippen LogP contribution in [0.3, 0.4) is 0 Å². The zero-order valence-corrected chi connectivity index (χ0v) is 11.8. The fourth-order valence-corrected chi connectivity index (χ4v) is 2.85. The van der Waals surface area contributed by atoms with Gasteiger partial charge in [0.15, 0.2) is 0 Å². The molecule has 4 heteroatoms. The van der Waals surface area contributed by atoms with Crippen LogP contribution in [0.15, 0.2) is 17.0 Å². The standard InChI is InChI=1S/C14H20N2OS/c1-11-5-7-14(2,8-6-11)16-13(17)4-3-12-9-18-10-15-12/h3-4,9-11H,5-8H2,1-2H3,(H,16,17)/b4-3+. The number of aromatic nitrogens is 1. The molecule has 0 aliphatic heterocycles. The minimum atomic E-state index is -0.0317. The van der Waals surface area contributed by atoms with Gasteiger partial charge in [-0.3, -0.25) is 4.79 Å². The van der Waals surface area contributed by atoms with Crippen molar-refractivity contribution < 1.29 is 4.79 Å². The Morgan fingerprint density at radius 2 is 2.28 bits per heavy atom. The third-order valence-corrected chi connectivity index (χ3v) is 4.26. The first kappa shape index (κ1) is 13.3. The first-order chi connectivity index (χ1) is 8.57. The topological polar surface area (TPSA) is 42.0 Å². The van der Waals surface area contributed by atoms with Crippen molar-refractivity contribution in [3.05, 3.63) is 22.7 Å². The molecule has 1 aromatic heterocycles. The van der Waals surface area contributed by atoms with E-state index in [4.69, 9.17) is 0 Å². The van der Waals surface area contributed by atoms with Crippen LogP contribution in [0.5, 0.6) is 0 Å². The average molecular weight is 264 g/mol. The Morgan fingerprint density at radius 3 is 2.89 bits per heavy atom. The summed E-state index contributed by atoms with van der Waals surface area (Å²) in [4.78, 5) is 16.0. The van der Waals surface area contributed by atoms with E-state index in [1.54, 1.807) is 17.7 Å². The fraction of sp³-hybridized carbons (Fsp3) is 0.571. The zero-order chi connectivity index (χ0) is 13.0. The lowest BCUT2D eigenvalue weighted by Gasteiger charge is -2.36. The van der Waals surface area contributed by atoms with Gasteiger partial charge >= 0.3 is 0 Å². The molecule has 0 spiro atoms. The molecule has 0 saturated heterocycles. The van der Waals surface area contributed by atoms with Crippen molar-refractivity contribution in [3.63, 3.8) is 0 Å². The van der Waals surface area contributed by atoms with E-state index in [1.807, 2.05) is 5.38 Å². The van der Waals surface area contributed by atoms with Crippen LogP contribution < -0.4 is 5.32 Å². The van der Waals surface area contributed by atoms with Gasteiger partial charge in [-0.2, -0.15) is 0 Å². The predicted molar refractivity (Wildman–Crippen MR) is 75.3 cm³/mol. The van der Waals surface area contributed by atoms with Gasteiger partial charge in [-0.15, -0.1) is 11.3 Å². The number of hydrogen-bond donors (Lipinski definition) is 1. The van der Waals surface area contributed by atoms with E-state index in [0.717, 1.165) is 24.5 Å². The Bertz CT molecular complexity index is 417. The summed E-state index contributed by atoms with van der Waals surface area (Å²) < 4.78 is 0. The van der Waals surface area contributed by atoms with Crippen LogP contribution >= 0.6 is 11.3 Å². The molecule has 1 N–H and O–H groups in total. The Balaban J connectivity index is 1.87.